The minimum absolute atomic E-state index is 0.311. The second-order valence-electron chi connectivity index (χ2n) is 8.77. The Labute approximate surface area is 199 Å². The highest BCUT2D eigenvalue weighted by atomic mass is 32.3. The highest BCUT2D eigenvalue weighted by molar-refractivity contribution is 7.95. The molecule has 0 bridgehead atoms. The van der Waals surface area contributed by atoms with Gasteiger partial charge in [0.1, 0.15) is 0 Å². The molecule has 3 aromatic rings. The van der Waals surface area contributed by atoms with Crippen LogP contribution in [0, 0.1) is 6.92 Å². The Morgan fingerprint density at radius 1 is 0.971 bits per heavy atom. The van der Waals surface area contributed by atoms with Crippen molar-refractivity contribution in [2.24, 2.45) is 0 Å². The zero-order valence-electron chi connectivity index (χ0n) is 18.8. The zero-order chi connectivity index (χ0) is 24.3. The standard InChI is InChI=1S/C26H27F3N2O2S/c1-19-5-2-7-21(15-19)22-8-3-6-20(16-22)18-31-13-11-24(12-14-31)30-34(32,33)25-10-4-9-23(17-25)26(27,28)29/h2-10,15-17,24H,11-14,18H2,1H3,(H-,30,32,33). The summed E-state index contributed by atoms with van der Waals surface area (Å²) in [4.78, 5) is 1.91. The minimum Gasteiger partial charge on any atom is -0.593 e. The van der Waals surface area contributed by atoms with Gasteiger partial charge in [-0.1, -0.05) is 58.3 Å². The van der Waals surface area contributed by atoms with Crippen LogP contribution in [0.3, 0.4) is 0 Å². The first-order valence-corrected chi connectivity index (χ1v) is 12.7. The molecule has 1 saturated heterocycles. The fourth-order valence-electron chi connectivity index (χ4n) is 4.27. The van der Waals surface area contributed by atoms with Gasteiger partial charge in [-0.2, -0.15) is 13.2 Å². The lowest BCUT2D eigenvalue weighted by atomic mass is 10.0. The van der Waals surface area contributed by atoms with Gasteiger partial charge in [0.2, 0.25) is 0 Å². The van der Waals surface area contributed by atoms with E-state index in [1.807, 2.05) is 12.1 Å². The number of likely N-dealkylation sites (tertiary alicyclic amines) is 1. The van der Waals surface area contributed by atoms with Gasteiger partial charge in [0.05, 0.1) is 11.6 Å². The summed E-state index contributed by atoms with van der Waals surface area (Å²) in [7, 11) is -4.03. The number of hydrogen-bond acceptors (Lipinski definition) is 3. The third-order valence-electron chi connectivity index (χ3n) is 6.07. The molecule has 0 saturated carbocycles. The summed E-state index contributed by atoms with van der Waals surface area (Å²) in [6.45, 7) is 4.22. The lowest BCUT2D eigenvalue weighted by Crippen LogP contribution is -2.46. The molecule has 8 heteroatoms. The number of benzene rings is 3. The van der Waals surface area contributed by atoms with Crippen molar-refractivity contribution >= 4 is 10.4 Å². The van der Waals surface area contributed by atoms with E-state index >= 15 is 0 Å². The normalized spacial score (nSPS) is 17.4. The van der Waals surface area contributed by atoms with E-state index in [-0.39, 0.29) is 10.9 Å². The lowest BCUT2D eigenvalue weighted by Gasteiger charge is -2.33. The molecular weight excluding hydrogens is 461 g/mol. The van der Waals surface area contributed by atoms with Crippen molar-refractivity contribution in [2.75, 3.05) is 13.1 Å². The number of piperidine rings is 1. The SMILES string of the molecule is Cc1cccc(-c2cccc(CN3CCC(N[S+](=O)([O-])c4cccc(C(F)(F)F)c4)CC3)c2)c1. The van der Waals surface area contributed by atoms with Crippen LogP contribution in [0.2, 0.25) is 0 Å². The molecule has 0 aliphatic carbocycles. The summed E-state index contributed by atoms with van der Waals surface area (Å²) in [5.41, 5.74) is 3.74. The van der Waals surface area contributed by atoms with Crippen LogP contribution in [-0.2, 0) is 27.3 Å². The van der Waals surface area contributed by atoms with Gasteiger partial charge in [0.25, 0.3) is 0 Å². The molecule has 34 heavy (non-hydrogen) atoms. The number of aryl methyl sites for hydroxylation is 1. The first kappa shape index (κ1) is 24.6. The van der Waals surface area contributed by atoms with E-state index in [2.05, 4.69) is 52.9 Å². The number of alkyl halides is 3. The van der Waals surface area contributed by atoms with Crippen LogP contribution in [0.15, 0.2) is 77.7 Å². The molecular formula is C26H27F3N2O2S. The highest BCUT2D eigenvalue weighted by Crippen LogP contribution is 2.31. The van der Waals surface area contributed by atoms with E-state index < -0.39 is 22.1 Å². The topological polar surface area (TPSA) is 55.4 Å². The van der Waals surface area contributed by atoms with E-state index in [4.69, 9.17) is 0 Å². The molecule has 1 aliphatic rings. The summed E-state index contributed by atoms with van der Waals surface area (Å²) in [6, 6.07) is 20.3. The largest absolute Gasteiger partial charge is 0.593 e. The van der Waals surface area contributed by atoms with E-state index in [0.29, 0.717) is 32.0 Å². The number of halogens is 3. The van der Waals surface area contributed by atoms with Gasteiger partial charge >= 0.3 is 6.18 Å². The Hall–Kier alpha value is -2.52. The highest BCUT2D eigenvalue weighted by Gasteiger charge is 2.34. The summed E-state index contributed by atoms with van der Waals surface area (Å²) in [5, 5.41) is 0. The van der Waals surface area contributed by atoms with Crippen LogP contribution in [-0.4, -0.2) is 28.6 Å². The molecule has 1 atom stereocenters. The Bertz CT molecular complexity index is 1190. The third kappa shape index (κ3) is 6.13. The van der Waals surface area contributed by atoms with Gasteiger partial charge in [-0.25, -0.2) is 0 Å². The molecule has 1 N–H and O–H groups in total. The maximum atomic E-state index is 13.0. The van der Waals surface area contributed by atoms with Crippen LogP contribution in [0.25, 0.3) is 11.1 Å². The molecule has 4 nitrogen and oxygen atoms in total. The van der Waals surface area contributed by atoms with Gasteiger partial charge in [-0.15, -0.1) is 4.72 Å². The number of rotatable bonds is 6. The van der Waals surface area contributed by atoms with Crippen molar-refractivity contribution < 1.29 is 21.9 Å². The van der Waals surface area contributed by atoms with Crippen molar-refractivity contribution in [1.29, 1.82) is 0 Å². The molecule has 4 rings (SSSR count). The molecule has 180 valence electrons. The number of hydrogen-bond donors (Lipinski definition) is 1. The van der Waals surface area contributed by atoms with Crippen molar-refractivity contribution in [1.82, 2.24) is 9.62 Å². The maximum absolute atomic E-state index is 13.0. The average molecular weight is 489 g/mol. The minimum atomic E-state index is -4.59. The van der Waals surface area contributed by atoms with E-state index in [9.17, 15) is 21.9 Å². The predicted molar refractivity (Wildman–Crippen MR) is 127 cm³/mol. The predicted octanol–water partition coefficient (Wildman–Crippen LogP) is 5.84. The lowest BCUT2D eigenvalue weighted by molar-refractivity contribution is -0.137. The van der Waals surface area contributed by atoms with Gasteiger partial charge < -0.3 is 4.55 Å². The number of nitrogens with zero attached hydrogens (tertiary/aromatic N) is 1. The Kier molecular flexibility index (Phi) is 7.23. The molecule has 1 unspecified atom stereocenters. The van der Waals surface area contributed by atoms with Crippen molar-refractivity contribution in [2.45, 2.75) is 43.4 Å². The molecule has 1 fully saturated rings. The Balaban J connectivity index is 1.35. The second-order valence-corrected chi connectivity index (χ2v) is 10.5. The molecule has 1 heterocycles. The maximum Gasteiger partial charge on any atom is 0.416 e. The number of nitrogens with one attached hydrogen (secondary N) is 1. The van der Waals surface area contributed by atoms with E-state index in [1.54, 1.807) is 0 Å². The van der Waals surface area contributed by atoms with Crippen LogP contribution in [0.1, 0.15) is 29.5 Å². The summed E-state index contributed by atoms with van der Waals surface area (Å²) >= 11 is 0. The second kappa shape index (κ2) is 10.00. The smallest absolute Gasteiger partial charge is 0.416 e. The summed E-state index contributed by atoms with van der Waals surface area (Å²) < 4.78 is 66.8. The Morgan fingerprint density at radius 2 is 1.62 bits per heavy atom. The van der Waals surface area contributed by atoms with Crippen molar-refractivity contribution in [3.63, 3.8) is 0 Å². The quantitative estimate of drug-likeness (QED) is 0.444. The van der Waals surface area contributed by atoms with E-state index in [1.165, 1.54) is 22.8 Å². The molecule has 3 aromatic carbocycles. The fourth-order valence-corrected chi connectivity index (χ4v) is 5.62. The molecule has 0 spiro atoms. The molecule has 0 aromatic heterocycles. The zero-order valence-corrected chi connectivity index (χ0v) is 19.7. The summed E-state index contributed by atoms with van der Waals surface area (Å²) in [5.74, 6) is 0. The molecule has 0 amide bonds. The Morgan fingerprint density at radius 3 is 2.29 bits per heavy atom. The third-order valence-corrected chi connectivity index (χ3v) is 7.58. The monoisotopic (exact) mass is 488 g/mol. The van der Waals surface area contributed by atoms with Gasteiger partial charge in [0.15, 0.2) is 15.3 Å². The van der Waals surface area contributed by atoms with Crippen LogP contribution in [0.4, 0.5) is 13.2 Å². The van der Waals surface area contributed by atoms with Crippen molar-refractivity contribution in [3.05, 3.63) is 89.5 Å². The van der Waals surface area contributed by atoms with Gasteiger partial charge in [-0.05, 0) is 54.7 Å². The molecule has 1 aliphatic heterocycles. The van der Waals surface area contributed by atoms with Crippen LogP contribution in [0.5, 0.6) is 0 Å². The van der Waals surface area contributed by atoms with E-state index in [0.717, 1.165) is 24.2 Å². The summed E-state index contributed by atoms with van der Waals surface area (Å²) in [6.07, 6.45) is -3.40. The number of sulfonamides is 1. The first-order valence-electron chi connectivity index (χ1n) is 11.2. The van der Waals surface area contributed by atoms with Crippen LogP contribution >= 0.6 is 0 Å². The van der Waals surface area contributed by atoms with Gasteiger partial charge in [-0.3, -0.25) is 4.90 Å². The first-order chi connectivity index (χ1) is 16.1. The van der Waals surface area contributed by atoms with Gasteiger partial charge in [0, 0.05) is 25.7 Å². The average Bonchev–Trinajstić information content (AvgIpc) is 2.80. The fraction of sp³-hybridized carbons (Fsp3) is 0.308. The van der Waals surface area contributed by atoms with Crippen LogP contribution < -0.4 is 4.72 Å². The molecule has 0 radical (unpaired) electrons. The van der Waals surface area contributed by atoms with Crippen molar-refractivity contribution in [3.8, 4) is 11.1 Å².